The zero-order chi connectivity index (χ0) is 11.4. The van der Waals surface area contributed by atoms with Crippen LogP contribution in [0.25, 0.3) is 0 Å². The summed E-state index contributed by atoms with van der Waals surface area (Å²) in [5.41, 5.74) is 0. The minimum atomic E-state index is -0.658. The Kier molecular flexibility index (Phi) is 4.22. The number of likely N-dealkylation sites (tertiary alicyclic amines) is 1. The molecule has 1 saturated heterocycles. The van der Waals surface area contributed by atoms with Crippen molar-refractivity contribution < 1.29 is 9.90 Å². The van der Waals surface area contributed by atoms with E-state index < -0.39 is 5.97 Å². The smallest absolute Gasteiger partial charge is 0.304 e. The van der Waals surface area contributed by atoms with Gasteiger partial charge in [-0.2, -0.15) is 0 Å². The van der Waals surface area contributed by atoms with Gasteiger partial charge in [0, 0.05) is 12.6 Å². The number of aliphatic carboxylic acids is 1. The highest BCUT2D eigenvalue weighted by atomic mass is 16.4. The van der Waals surface area contributed by atoms with Crippen LogP contribution in [0.4, 0.5) is 0 Å². The van der Waals surface area contributed by atoms with E-state index in [2.05, 4.69) is 4.90 Å². The molecule has 16 heavy (non-hydrogen) atoms. The van der Waals surface area contributed by atoms with E-state index in [1.807, 2.05) is 0 Å². The summed E-state index contributed by atoms with van der Waals surface area (Å²) in [5.74, 6) is 0.194. The molecular weight excluding hydrogens is 202 g/mol. The van der Waals surface area contributed by atoms with Gasteiger partial charge in [-0.3, -0.25) is 9.69 Å². The maximum absolute atomic E-state index is 10.6. The molecule has 0 aromatic heterocycles. The molecule has 1 heterocycles. The van der Waals surface area contributed by atoms with Crippen molar-refractivity contribution in [3.05, 3.63) is 0 Å². The third-order valence-electron chi connectivity index (χ3n) is 4.22. The Balaban J connectivity index is 1.84. The molecule has 0 spiro atoms. The Labute approximate surface area is 97.8 Å². The molecule has 1 N–H and O–H groups in total. The summed E-state index contributed by atoms with van der Waals surface area (Å²) < 4.78 is 0. The summed E-state index contributed by atoms with van der Waals surface area (Å²) >= 11 is 0. The second kappa shape index (κ2) is 5.67. The maximum atomic E-state index is 10.6. The Morgan fingerprint density at radius 1 is 1.12 bits per heavy atom. The molecule has 2 rings (SSSR count). The van der Waals surface area contributed by atoms with Crippen molar-refractivity contribution in [3.63, 3.8) is 0 Å². The van der Waals surface area contributed by atoms with Crippen LogP contribution >= 0.6 is 0 Å². The number of carboxylic acids is 1. The quantitative estimate of drug-likeness (QED) is 0.799. The van der Waals surface area contributed by atoms with Gasteiger partial charge in [0.05, 0.1) is 6.42 Å². The number of carboxylic acid groups (broad SMARTS) is 1. The topological polar surface area (TPSA) is 40.5 Å². The lowest BCUT2D eigenvalue weighted by Crippen LogP contribution is -2.37. The standard InChI is InChI=1S/C13H23NO2/c15-13(16)8-10-14-9-4-7-12(14)11-5-2-1-3-6-11/h11-12H,1-10H2,(H,15,16)/t12-/m1/s1. The summed E-state index contributed by atoms with van der Waals surface area (Å²) in [5, 5.41) is 8.74. The summed E-state index contributed by atoms with van der Waals surface area (Å²) in [7, 11) is 0. The molecule has 0 radical (unpaired) electrons. The number of carbonyl (C=O) groups is 1. The Morgan fingerprint density at radius 2 is 1.88 bits per heavy atom. The van der Waals surface area contributed by atoms with E-state index in [9.17, 15) is 4.79 Å². The Bertz CT molecular complexity index is 236. The second-order valence-electron chi connectivity index (χ2n) is 5.29. The van der Waals surface area contributed by atoms with Crippen LogP contribution in [-0.4, -0.2) is 35.1 Å². The van der Waals surface area contributed by atoms with Crippen molar-refractivity contribution in [3.8, 4) is 0 Å². The Hall–Kier alpha value is -0.570. The third-order valence-corrected chi connectivity index (χ3v) is 4.22. The highest BCUT2D eigenvalue weighted by molar-refractivity contribution is 5.66. The summed E-state index contributed by atoms with van der Waals surface area (Å²) in [6, 6.07) is 0.694. The molecule has 1 aliphatic carbocycles. The average Bonchev–Trinajstić information content (AvgIpc) is 2.75. The van der Waals surface area contributed by atoms with E-state index in [1.165, 1.54) is 44.9 Å². The van der Waals surface area contributed by atoms with E-state index in [-0.39, 0.29) is 0 Å². The van der Waals surface area contributed by atoms with Crippen molar-refractivity contribution in [1.82, 2.24) is 4.90 Å². The molecule has 92 valence electrons. The first kappa shape index (κ1) is 11.9. The molecule has 1 aliphatic heterocycles. The molecule has 3 heteroatoms. The van der Waals surface area contributed by atoms with Gasteiger partial charge in [-0.25, -0.2) is 0 Å². The van der Waals surface area contributed by atoms with Gasteiger partial charge in [-0.1, -0.05) is 19.3 Å². The van der Waals surface area contributed by atoms with Gasteiger partial charge in [-0.15, -0.1) is 0 Å². The van der Waals surface area contributed by atoms with Crippen molar-refractivity contribution in [1.29, 1.82) is 0 Å². The zero-order valence-electron chi connectivity index (χ0n) is 10.0. The van der Waals surface area contributed by atoms with Crippen molar-refractivity contribution in [2.24, 2.45) is 5.92 Å². The minimum Gasteiger partial charge on any atom is -0.481 e. The fourth-order valence-electron chi connectivity index (χ4n) is 3.42. The monoisotopic (exact) mass is 225 g/mol. The highest BCUT2D eigenvalue weighted by Crippen LogP contribution is 2.34. The largest absolute Gasteiger partial charge is 0.481 e. The minimum absolute atomic E-state index is 0.309. The predicted octanol–water partition coefficient (Wildman–Crippen LogP) is 2.51. The molecule has 2 aliphatic rings. The maximum Gasteiger partial charge on any atom is 0.304 e. The highest BCUT2D eigenvalue weighted by Gasteiger charge is 2.32. The van der Waals surface area contributed by atoms with E-state index in [4.69, 9.17) is 5.11 Å². The van der Waals surface area contributed by atoms with Crippen LogP contribution < -0.4 is 0 Å². The van der Waals surface area contributed by atoms with Gasteiger partial charge in [0.1, 0.15) is 0 Å². The molecule has 1 atom stereocenters. The van der Waals surface area contributed by atoms with Crippen molar-refractivity contribution in [2.45, 2.75) is 57.4 Å². The van der Waals surface area contributed by atoms with Gasteiger partial charge in [0.15, 0.2) is 0 Å². The summed E-state index contributed by atoms with van der Waals surface area (Å²) in [6.45, 7) is 1.88. The fraction of sp³-hybridized carbons (Fsp3) is 0.923. The van der Waals surface area contributed by atoms with Crippen LogP contribution in [0.3, 0.4) is 0 Å². The van der Waals surface area contributed by atoms with E-state index in [0.717, 1.165) is 19.0 Å². The van der Waals surface area contributed by atoms with Gasteiger partial charge < -0.3 is 5.11 Å². The molecule has 0 bridgehead atoms. The molecule has 3 nitrogen and oxygen atoms in total. The molecule has 2 fully saturated rings. The summed E-state index contributed by atoms with van der Waals surface area (Å²) in [6.07, 6.45) is 9.77. The third kappa shape index (κ3) is 2.97. The average molecular weight is 225 g/mol. The molecule has 0 unspecified atom stereocenters. The van der Waals surface area contributed by atoms with E-state index in [1.54, 1.807) is 0 Å². The number of hydrogen-bond donors (Lipinski definition) is 1. The van der Waals surface area contributed by atoms with Gasteiger partial charge in [-0.05, 0) is 38.1 Å². The van der Waals surface area contributed by atoms with Crippen molar-refractivity contribution >= 4 is 5.97 Å². The van der Waals surface area contributed by atoms with E-state index in [0.29, 0.717) is 12.5 Å². The van der Waals surface area contributed by atoms with Crippen LogP contribution in [-0.2, 0) is 4.79 Å². The molecule has 0 aromatic carbocycles. The van der Waals surface area contributed by atoms with Crippen LogP contribution in [0.1, 0.15) is 51.4 Å². The van der Waals surface area contributed by atoms with Crippen LogP contribution in [0.2, 0.25) is 0 Å². The SMILES string of the molecule is O=C(O)CCN1CCC[C@@H]1C1CCCCC1. The van der Waals surface area contributed by atoms with Gasteiger partial charge in [0.2, 0.25) is 0 Å². The number of rotatable bonds is 4. The fourth-order valence-corrected chi connectivity index (χ4v) is 3.42. The first-order valence-corrected chi connectivity index (χ1v) is 6.73. The van der Waals surface area contributed by atoms with Crippen LogP contribution in [0, 0.1) is 5.92 Å². The molecule has 0 amide bonds. The van der Waals surface area contributed by atoms with Crippen LogP contribution in [0.5, 0.6) is 0 Å². The van der Waals surface area contributed by atoms with Crippen molar-refractivity contribution in [2.75, 3.05) is 13.1 Å². The molecule has 1 saturated carbocycles. The number of nitrogens with zero attached hydrogens (tertiary/aromatic N) is 1. The first-order chi connectivity index (χ1) is 7.77. The molecular formula is C13H23NO2. The molecule has 0 aromatic rings. The van der Waals surface area contributed by atoms with Gasteiger partial charge >= 0.3 is 5.97 Å². The lowest BCUT2D eigenvalue weighted by atomic mass is 9.83. The second-order valence-corrected chi connectivity index (χ2v) is 5.29. The lowest BCUT2D eigenvalue weighted by molar-refractivity contribution is -0.137. The van der Waals surface area contributed by atoms with Gasteiger partial charge in [0.25, 0.3) is 0 Å². The lowest BCUT2D eigenvalue weighted by Gasteiger charge is -2.33. The summed E-state index contributed by atoms with van der Waals surface area (Å²) in [4.78, 5) is 13.0. The predicted molar refractivity (Wildman–Crippen MR) is 63.4 cm³/mol. The van der Waals surface area contributed by atoms with E-state index >= 15 is 0 Å². The van der Waals surface area contributed by atoms with Crippen LogP contribution in [0.15, 0.2) is 0 Å². The zero-order valence-corrected chi connectivity index (χ0v) is 10.0. The number of hydrogen-bond acceptors (Lipinski definition) is 2. The Morgan fingerprint density at radius 3 is 2.56 bits per heavy atom. The first-order valence-electron chi connectivity index (χ1n) is 6.73. The normalized spacial score (nSPS) is 28.4.